The van der Waals surface area contributed by atoms with Crippen LogP contribution in [0, 0.1) is 16.7 Å². The Hall–Kier alpha value is -2.67. The number of nitriles is 1. The highest BCUT2D eigenvalue weighted by atomic mass is 16.1. The number of rotatable bonds is 4. The van der Waals surface area contributed by atoms with Gasteiger partial charge in [-0.25, -0.2) is 0 Å². The van der Waals surface area contributed by atoms with Crippen molar-refractivity contribution >= 4 is 11.9 Å². The zero-order valence-corrected chi connectivity index (χ0v) is 14.0. The summed E-state index contributed by atoms with van der Waals surface area (Å²) in [5.74, 6) is -0.173. The fraction of sp³-hybridized carbons (Fsp3) is 0.316. The van der Waals surface area contributed by atoms with Crippen LogP contribution in [0.1, 0.15) is 38.8 Å². The van der Waals surface area contributed by atoms with Crippen LogP contribution < -0.4 is 0 Å². The van der Waals surface area contributed by atoms with Gasteiger partial charge in [0.2, 0.25) is 0 Å². The smallest absolute Gasteiger partial charge is 0.178 e. The van der Waals surface area contributed by atoms with Gasteiger partial charge in [0, 0.05) is 16.5 Å². The van der Waals surface area contributed by atoms with Crippen molar-refractivity contribution in [2.24, 2.45) is 5.41 Å². The van der Waals surface area contributed by atoms with E-state index in [4.69, 9.17) is 0 Å². The lowest BCUT2D eigenvalue weighted by Crippen LogP contribution is -2.21. The molecule has 118 valence electrons. The van der Waals surface area contributed by atoms with E-state index in [2.05, 4.69) is 29.3 Å². The number of H-pyrrole nitrogens is 1. The molecule has 0 fully saturated rings. The molecule has 0 aliphatic rings. The average Bonchev–Trinajstić information content (AvgIpc) is 2.99. The molecule has 2 aromatic rings. The summed E-state index contributed by atoms with van der Waals surface area (Å²) in [6.45, 7) is 7.53. The van der Waals surface area contributed by atoms with Crippen LogP contribution in [0.2, 0.25) is 0 Å². The Kier molecular flexibility index (Phi) is 4.80. The number of hydrogen-bond donors (Lipinski definition) is 1. The molecule has 1 N–H and O–H groups in total. The minimum absolute atomic E-state index is 0.144. The fourth-order valence-electron chi connectivity index (χ4n) is 2.25. The highest BCUT2D eigenvalue weighted by Crippen LogP contribution is 2.26. The van der Waals surface area contributed by atoms with E-state index in [9.17, 15) is 10.1 Å². The van der Waals surface area contributed by atoms with Crippen LogP contribution >= 0.6 is 0 Å². The van der Waals surface area contributed by atoms with Gasteiger partial charge in [0.05, 0.1) is 17.5 Å². The van der Waals surface area contributed by atoms with Crippen molar-refractivity contribution < 1.29 is 4.79 Å². The summed E-state index contributed by atoms with van der Waals surface area (Å²) in [6, 6.07) is 10.2. The van der Waals surface area contributed by atoms with Crippen LogP contribution in [-0.2, 0) is 11.2 Å². The molecule has 0 amide bonds. The number of hydrogen-bond acceptors (Lipinski definition) is 3. The van der Waals surface area contributed by atoms with E-state index in [0.717, 1.165) is 23.2 Å². The summed E-state index contributed by atoms with van der Waals surface area (Å²) in [5.41, 5.74) is 3.34. The van der Waals surface area contributed by atoms with Gasteiger partial charge >= 0.3 is 0 Å². The summed E-state index contributed by atoms with van der Waals surface area (Å²) >= 11 is 0. The van der Waals surface area contributed by atoms with Gasteiger partial charge in [0.15, 0.2) is 5.78 Å². The summed E-state index contributed by atoms with van der Waals surface area (Å²) in [4.78, 5) is 12.3. The number of nitrogens with one attached hydrogen (secondary N) is 1. The first-order valence-electron chi connectivity index (χ1n) is 7.66. The molecule has 2 rings (SSSR count). The molecule has 0 radical (unpaired) electrons. The molecule has 1 heterocycles. The second kappa shape index (κ2) is 6.62. The molecular formula is C19H21N3O. The van der Waals surface area contributed by atoms with Crippen LogP contribution in [0.3, 0.4) is 0 Å². The molecule has 0 unspecified atom stereocenters. The number of aromatic amines is 1. The number of benzene rings is 1. The Morgan fingerprint density at radius 1 is 1.30 bits per heavy atom. The summed E-state index contributed by atoms with van der Waals surface area (Å²) in [7, 11) is 0. The lowest BCUT2D eigenvalue weighted by Gasteiger charge is -2.15. The summed E-state index contributed by atoms with van der Waals surface area (Å²) in [5, 5.41) is 16.3. The van der Waals surface area contributed by atoms with E-state index in [-0.39, 0.29) is 11.4 Å². The summed E-state index contributed by atoms with van der Waals surface area (Å²) in [6.07, 6.45) is 4.23. The SMILES string of the molecule is CCc1ccc(-c2[nH]ncc2/C=C(\C#N)C(=O)C(C)(C)C)cc1. The lowest BCUT2D eigenvalue weighted by atomic mass is 9.86. The van der Waals surface area contributed by atoms with Crippen molar-refractivity contribution in [1.82, 2.24) is 10.2 Å². The van der Waals surface area contributed by atoms with Gasteiger partial charge in [-0.1, -0.05) is 52.0 Å². The largest absolute Gasteiger partial charge is 0.293 e. The first-order valence-corrected chi connectivity index (χ1v) is 7.66. The molecule has 4 nitrogen and oxygen atoms in total. The number of carbonyl (C=O) groups is 1. The summed E-state index contributed by atoms with van der Waals surface area (Å²) < 4.78 is 0. The van der Waals surface area contributed by atoms with E-state index in [1.807, 2.05) is 18.2 Å². The van der Waals surface area contributed by atoms with Crippen molar-refractivity contribution in [3.05, 3.63) is 47.2 Å². The zero-order valence-electron chi connectivity index (χ0n) is 14.0. The molecule has 0 bridgehead atoms. The zero-order chi connectivity index (χ0) is 17.0. The third-order valence-corrected chi connectivity index (χ3v) is 3.67. The van der Waals surface area contributed by atoms with Crippen LogP contribution in [-0.4, -0.2) is 16.0 Å². The fourth-order valence-corrected chi connectivity index (χ4v) is 2.25. The number of carbonyl (C=O) groups excluding carboxylic acids is 1. The van der Waals surface area contributed by atoms with Gasteiger partial charge in [0.1, 0.15) is 6.07 Å². The third kappa shape index (κ3) is 3.75. The Morgan fingerprint density at radius 2 is 1.96 bits per heavy atom. The van der Waals surface area contributed by atoms with E-state index in [0.29, 0.717) is 0 Å². The van der Waals surface area contributed by atoms with Crippen LogP contribution in [0.5, 0.6) is 0 Å². The van der Waals surface area contributed by atoms with Gasteiger partial charge in [-0.3, -0.25) is 9.89 Å². The maximum absolute atomic E-state index is 12.3. The van der Waals surface area contributed by atoms with Crippen molar-refractivity contribution in [2.75, 3.05) is 0 Å². The predicted octanol–water partition coefficient (Wildman–Crippen LogP) is 4.16. The van der Waals surface area contributed by atoms with Crippen molar-refractivity contribution in [2.45, 2.75) is 34.1 Å². The van der Waals surface area contributed by atoms with E-state index in [1.54, 1.807) is 33.0 Å². The number of nitrogens with zero attached hydrogens (tertiary/aromatic N) is 2. The Labute approximate surface area is 136 Å². The molecule has 23 heavy (non-hydrogen) atoms. The maximum Gasteiger partial charge on any atom is 0.178 e. The topological polar surface area (TPSA) is 69.5 Å². The van der Waals surface area contributed by atoms with Gasteiger partial charge in [-0.15, -0.1) is 0 Å². The normalized spacial score (nSPS) is 12.0. The first kappa shape index (κ1) is 16.7. The van der Waals surface area contributed by atoms with Crippen LogP contribution in [0.25, 0.3) is 17.3 Å². The minimum Gasteiger partial charge on any atom is -0.293 e. The van der Waals surface area contributed by atoms with E-state index in [1.165, 1.54) is 5.56 Å². The van der Waals surface area contributed by atoms with E-state index < -0.39 is 5.41 Å². The second-order valence-electron chi connectivity index (χ2n) is 6.50. The minimum atomic E-state index is -0.589. The van der Waals surface area contributed by atoms with Crippen LogP contribution in [0.15, 0.2) is 36.0 Å². The van der Waals surface area contributed by atoms with Crippen molar-refractivity contribution in [3.63, 3.8) is 0 Å². The molecule has 0 saturated heterocycles. The molecule has 0 spiro atoms. The van der Waals surface area contributed by atoms with Gasteiger partial charge in [-0.2, -0.15) is 10.4 Å². The third-order valence-electron chi connectivity index (χ3n) is 3.67. The lowest BCUT2D eigenvalue weighted by molar-refractivity contribution is -0.121. The van der Waals surface area contributed by atoms with Gasteiger partial charge < -0.3 is 0 Å². The predicted molar refractivity (Wildman–Crippen MR) is 91.5 cm³/mol. The molecule has 0 atom stereocenters. The average molecular weight is 307 g/mol. The number of aryl methyl sites for hydroxylation is 1. The van der Waals surface area contributed by atoms with Crippen LogP contribution in [0.4, 0.5) is 0 Å². The number of Topliss-reactive ketones (excluding diaryl/α,β-unsaturated/α-hetero) is 1. The Morgan fingerprint density at radius 3 is 2.48 bits per heavy atom. The molecule has 1 aromatic carbocycles. The standard InChI is InChI=1S/C19H21N3O/c1-5-13-6-8-14(9-7-13)17-16(12-21-22-17)10-15(11-20)18(23)19(2,3)4/h6-10,12H,5H2,1-4H3,(H,21,22)/b15-10+. The van der Waals surface area contributed by atoms with Crippen molar-refractivity contribution in [1.29, 1.82) is 5.26 Å². The highest BCUT2D eigenvalue weighted by Gasteiger charge is 2.25. The molecule has 0 aliphatic carbocycles. The van der Waals surface area contributed by atoms with Gasteiger partial charge in [0.25, 0.3) is 0 Å². The Bertz CT molecular complexity index is 768. The molecule has 0 aliphatic heterocycles. The molecule has 4 heteroatoms. The molecule has 1 aromatic heterocycles. The number of allylic oxidation sites excluding steroid dienone is 1. The number of aromatic nitrogens is 2. The molecular weight excluding hydrogens is 286 g/mol. The monoisotopic (exact) mass is 307 g/mol. The quantitative estimate of drug-likeness (QED) is 0.681. The Balaban J connectivity index is 2.42. The maximum atomic E-state index is 12.3. The number of ketones is 1. The first-order chi connectivity index (χ1) is 10.9. The second-order valence-corrected chi connectivity index (χ2v) is 6.50. The van der Waals surface area contributed by atoms with Gasteiger partial charge in [-0.05, 0) is 18.1 Å². The molecule has 0 saturated carbocycles. The highest BCUT2D eigenvalue weighted by molar-refractivity contribution is 6.06. The van der Waals surface area contributed by atoms with E-state index >= 15 is 0 Å². The van der Waals surface area contributed by atoms with Crippen molar-refractivity contribution in [3.8, 4) is 17.3 Å².